The van der Waals surface area contributed by atoms with Gasteiger partial charge in [-0.2, -0.15) is 0 Å². The van der Waals surface area contributed by atoms with Crippen molar-refractivity contribution in [3.63, 3.8) is 0 Å². The molecule has 0 aromatic heterocycles. The predicted molar refractivity (Wildman–Crippen MR) is 84.2 cm³/mol. The lowest BCUT2D eigenvalue weighted by molar-refractivity contribution is 0.351. The van der Waals surface area contributed by atoms with Crippen molar-refractivity contribution >= 4 is 17.7 Å². The lowest BCUT2D eigenvalue weighted by atomic mass is 10.1. The normalized spacial score (nSPS) is 13.8. The summed E-state index contributed by atoms with van der Waals surface area (Å²) in [6.45, 7) is 0.633. The Balaban J connectivity index is 1.68. The summed E-state index contributed by atoms with van der Waals surface area (Å²) in [7, 11) is 0. The van der Waals surface area contributed by atoms with Crippen molar-refractivity contribution in [3.05, 3.63) is 82.4 Å². The van der Waals surface area contributed by atoms with Crippen molar-refractivity contribution in [2.75, 3.05) is 6.61 Å². The van der Waals surface area contributed by atoms with Crippen LogP contribution in [0.4, 0.5) is 0 Å². The van der Waals surface area contributed by atoms with Crippen LogP contribution in [0.1, 0.15) is 11.1 Å². The van der Waals surface area contributed by atoms with E-state index in [1.165, 1.54) is 11.1 Å². The maximum Gasteiger partial charge on any atom is 0.127 e. The highest BCUT2D eigenvalue weighted by Crippen LogP contribution is 2.26. The van der Waals surface area contributed by atoms with Gasteiger partial charge in [0.1, 0.15) is 12.4 Å². The molecule has 2 aromatic carbocycles. The molecule has 1 nitrogen and oxygen atoms in total. The molecule has 0 aliphatic carbocycles. The van der Waals surface area contributed by atoms with Crippen LogP contribution in [-0.4, -0.2) is 6.61 Å². The van der Waals surface area contributed by atoms with E-state index >= 15 is 0 Å². The molecule has 1 heterocycles. The smallest absolute Gasteiger partial charge is 0.127 e. The second-order valence-electron chi connectivity index (χ2n) is 4.78. The highest BCUT2D eigenvalue weighted by atomic mass is 35.5. The zero-order valence-corrected chi connectivity index (χ0v) is 11.8. The van der Waals surface area contributed by atoms with E-state index in [1.54, 1.807) is 0 Å². The van der Waals surface area contributed by atoms with Crippen LogP contribution in [0.2, 0.25) is 5.02 Å². The molecule has 1 aliphatic rings. The molecule has 0 bridgehead atoms. The average Bonchev–Trinajstić information content (AvgIpc) is 2.49. The third-order valence-electron chi connectivity index (χ3n) is 3.25. The van der Waals surface area contributed by atoms with Crippen molar-refractivity contribution in [3.8, 4) is 5.75 Å². The second-order valence-corrected chi connectivity index (χ2v) is 5.22. The highest BCUT2D eigenvalue weighted by Gasteiger charge is 2.07. The zero-order valence-electron chi connectivity index (χ0n) is 11.1. The minimum absolute atomic E-state index is 0.633. The molecule has 0 atom stereocenters. The summed E-state index contributed by atoms with van der Waals surface area (Å²) < 4.78 is 5.72. The van der Waals surface area contributed by atoms with Gasteiger partial charge in [0, 0.05) is 10.6 Å². The predicted octanol–water partition coefficient (Wildman–Crippen LogP) is 4.91. The summed E-state index contributed by atoms with van der Waals surface area (Å²) in [4.78, 5) is 0. The van der Waals surface area contributed by atoms with Gasteiger partial charge < -0.3 is 4.74 Å². The number of benzene rings is 2. The van der Waals surface area contributed by atoms with E-state index in [0.29, 0.717) is 6.61 Å². The molecule has 0 fully saturated rings. The largest absolute Gasteiger partial charge is 0.488 e. The summed E-state index contributed by atoms with van der Waals surface area (Å²) in [6, 6.07) is 16.0. The van der Waals surface area contributed by atoms with Gasteiger partial charge in [0.25, 0.3) is 0 Å². The van der Waals surface area contributed by atoms with Crippen LogP contribution in [0.5, 0.6) is 5.75 Å². The molecule has 2 heteroatoms. The van der Waals surface area contributed by atoms with Crippen LogP contribution in [0.15, 0.2) is 66.3 Å². The Morgan fingerprint density at radius 3 is 2.70 bits per heavy atom. The third-order valence-corrected chi connectivity index (χ3v) is 3.50. The maximum absolute atomic E-state index is 5.87. The first-order valence-corrected chi connectivity index (χ1v) is 7.02. The van der Waals surface area contributed by atoms with E-state index in [4.69, 9.17) is 16.3 Å². The summed E-state index contributed by atoms with van der Waals surface area (Å²) >= 11 is 5.87. The number of hydrogen-bond donors (Lipinski definition) is 0. The third kappa shape index (κ3) is 3.12. The summed E-state index contributed by atoms with van der Waals surface area (Å²) in [5.74, 6) is 0.961. The first-order valence-electron chi connectivity index (χ1n) is 6.65. The van der Waals surface area contributed by atoms with E-state index in [1.807, 2.05) is 42.5 Å². The minimum atomic E-state index is 0.633. The second kappa shape index (κ2) is 5.98. The molecule has 100 valence electrons. The molecule has 1 aliphatic heterocycles. The van der Waals surface area contributed by atoms with Crippen molar-refractivity contribution in [2.24, 2.45) is 0 Å². The number of rotatable bonds is 3. The first-order chi connectivity index (χ1) is 9.81. The molecule has 2 aromatic rings. The molecular formula is C18H15ClO. The van der Waals surface area contributed by atoms with E-state index in [0.717, 1.165) is 22.8 Å². The molecule has 0 amide bonds. The van der Waals surface area contributed by atoms with Crippen molar-refractivity contribution in [2.45, 2.75) is 6.42 Å². The fraction of sp³-hybridized carbons (Fsp3) is 0.111. The first kappa shape index (κ1) is 13.0. The monoisotopic (exact) mass is 282 g/mol. The Morgan fingerprint density at radius 2 is 1.85 bits per heavy atom. The van der Waals surface area contributed by atoms with Crippen LogP contribution in [0.25, 0.3) is 6.08 Å². The Labute approximate surface area is 124 Å². The lowest BCUT2D eigenvalue weighted by Gasteiger charge is -2.15. The van der Waals surface area contributed by atoms with Crippen LogP contribution < -0.4 is 4.74 Å². The van der Waals surface area contributed by atoms with Gasteiger partial charge in [-0.3, -0.25) is 0 Å². The quantitative estimate of drug-likeness (QED) is 0.777. The molecule has 0 saturated heterocycles. The Hall–Kier alpha value is -1.99. The highest BCUT2D eigenvalue weighted by molar-refractivity contribution is 6.30. The number of allylic oxidation sites excluding steroid dienone is 1. The molecule has 0 N–H and O–H groups in total. The van der Waals surface area contributed by atoms with E-state index in [2.05, 4.69) is 24.3 Å². The number of fused-ring (bicyclic) bond motifs is 1. The summed E-state index contributed by atoms with van der Waals surface area (Å²) in [5, 5.41) is 0.776. The fourth-order valence-corrected chi connectivity index (χ4v) is 2.32. The number of ether oxygens (including phenoxy) is 1. The summed E-state index contributed by atoms with van der Waals surface area (Å²) in [5.41, 5.74) is 3.59. The standard InChI is InChI=1S/C18H15ClO/c19-17-10-8-14(9-11-17)4-3-5-15-12-16-6-1-2-7-18(16)20-13-15/h1-3,5-12H,4,13H2/b5-3+. The van der Waals surface area contributed by atoms with Gasteiger partial charge in [0.15, 0.2) is 0 Å². The van der Waals surface area contributed by atoms with Gasteiger partial charge in [-0.1, -0.05) is 54.1 Å². The van der Waals surface area contributed by atoms with Gasteiger partial charge in [-0.15, -0.1) is 0 Å². The maximum atomic E-state index is 5.87. The Kier molecular flexibility index (Phi) is 3.89. The van der Waals surface area contributed by atoms with Crippen LogP contribution >= 0.6 is 11.6 Å². The van der Waals surface area contributed by atoms with E-state index < -0.39 is 0 Å². The van der Waals surface area contributed by atoms with Gasteiger partial charge in [-0.05, 0) is 41.8 Å². The fourth-order valence-electron chi connectivity index (χ4n) is 2.20. The number of halogens is 1. The van der Waals surface area contributed by atoms with E-state index in [-0.39, 0.29) is 0 Å². The molecule has 0 unspecified atom stereocenters. The van der Waals surface area contributed by atoms with Crippen LogP contribution in [0, 0.1) is 0 Å². The van der Waals surface area contributed by atoms with Gasteiger partial charge in [-0.25, -0.2) is 0 Å². The molecule has 3 rings (SSSR count). The van der Waals surface area contributed by atoms with Crippen LogP contribution in [-0.2, 0) is 6.42 Å². The van der Waals surface area contributed by atoms with Crippen molar-refractivity contribution in [1.82, 2.24) is 0 Å². The van der Waals surface area contributed by atoms with Crippen LogP contribution in [0.3, 0.4) is 0 Å². The molecule has 0 saturated carbocycles. The average molecular weight is 283 g/mol. The van der Waals surface area contributed by atoms with Crippen molar-refractivity contribution < 1.29 is 4.74 Å². The lowest BCUT2D eigenvalue weighted by Crippen LogP contribution is -2.05. The molecule has 0 spiro atoms. The zero-order chi connectivity index (χ0) is 13.8. The molecule has 0 radical (unpaired) electrons. The minimum Gasteiger partial charge on any atom is -0.488 e. The van der Waals surface area contributed by atoms with Gasteiger partial charge >= 0.3 is 0 Å². The Bertz CT molecular complexity index is 653. The summed E-state index contributed by atoms with van der Waals surface area (Å²) in [6.07, 6.45) is 7.37. The number of para-hydroxylation sites is 1. The molecule has 20 heavy (non-hydrogen) atoms. The van der Waals surface area contributed by atoms with E-state index in [9.17, 15) is 0 Å². The number of hydrogen-bond acceptors (Lipinski definition) is 1. The van der Waals surface area contributed by atoms with Gasteiger partial charge in [0.2, 0.25) is 0 Å². The van der Waals surface area contributed by atoms with Gasteiger partial charge in [0.05, 0.1) is 0 Å². The Morgan fingerprint density at radius 1 is 1.05 bits per heavy atom. The topological polar surface area (TPSA) is 9.23 Å². The SMILES string of the molecule is Clc1ccc(C/C=C/C2=Cc3ccccc3OC2)cc1. The molecular weight excluding hydrogens is 268 g/mol. The van der Waals surface area contributed by atoms with Crippen molar-refractivity contribution in [1.29, 1.82) is 0 Å².